The number of esters is 1. The summed E-state index contributed by atoms with van der Waals surface area (Å²) in [5, 5.41) is 0. The topological polar surface area (TPSA) is 26.3 Å². The summed E-state index contributed by atoms with van der Waals surface area (Å²) in [5.74, 6) is 1.04. The lowest BCUT2D eigenvalue weighted by atomic mass is 10.4. The van der Waals surface area contributed by atoms with Gasteiger partial charge in [-0.25, -0.2) is 4.79 Å². The molecule has 0 N–H and O–H groups in total. The summed E-state index contributed by atoms with van der Waals surface area (Å²) in [6.45, 7) is 1.98. The third-order valence-corrected chi connectivity index (χ3v) is 1.04. The summed E-state index contributed by atoms with van der Waals surface area (Å²) < 4.78 is 38.6. The molecule has 0 radical (unpaired) electrons. The smallest absolute Gasteiger partial charge is 0.456 e. The third kappa shape index (κ3) is 8.73. The highest BCUT2D eigenvalue weighted by molar-refractivity contribution is 5.88. The van der Waals surface area contributed by atoms with Crippen LogP contribution in [0.2, 0.25) is 0 Å². The van der Waals surface area contributed by atoms with E-state index in [0.29, 0.717) is 6.42 Å². The number of carbonyl (C=O) groups is 1. The van der Waals surface area contributed by atoms with Crippen molar-refractivity contribution in [2.24, 2.45) is 0 Å². The molecule has 0 atom stereocenters. The van der Waals surface area contributed by atoms with Gasteiger partial charge in [-0.15, -0.1) is 0 Å². The maximum atomic E-state index is 11.4. The molecule has 0 saturated carbocycles. The Morgan fingerprint density at radius 1 is 1.46 bits per heavy atom. The normalized spacial score (nSPS) is 10.2. The molecule has 0 amide bonds. The van der Waals surface area contributed by atoms with E-state index >= 15 is 0 Å². The minimum Gasteiger partial charge on any atom is -0.456 e. The first-order valence-electron chi connectivity index (χ1n) is 3.72. The van der Waals surface area contributed by atoms with E-state index < -0.39 is 12.1 Å². The highest BCUT2D eigenvalue weighted by atomic mass is 19.4. The van der Waals surface area contributed by atoms with E-state index in [1.54, 1.807) is 0 Å². The Labute approximate surface area is 74.1 Å². The number of halogens is 3. The van der Waals surface area contributed by atoms with Gasteiger partial charge in [0.05, 0.1) is 6.61 Å². The van der Waals surface area contributed by atoms with Gasteiger partial charge in [-0.05, 0) is 6.42 Å². The van der Waals surface area contributed by atoms with Crippen LogP contribution in [0, 0.1) is 11.8 Å². The van der Waals surface area contributed by atoms with Crippen LogP contribution in [0.3, 0.4) is 0 Å². The van der Waals surface area contributed by atoms with Crippen LogP contribution in [0.15, 0.2) is 0 Å². The van der Waals surface area contributed by atoms with Gasteiger partial charge in [-0.1, -0.05) is 13.3 Å². The van der Waals surface area contributed by atoms with Crippen molar-refractivity contribution in [1.82, 2.24) is 0 Å². The summed E-state index contributed by atoms with van der Waals surface area (Å²) in [5.41, 5.74) is 0. The van der Waals surface area contributed by atoms with Gasteiger partial charge in [0.15, 0.2) is 0 Å². The van der Waals surface area contributed by atoms with E-state index in [-0.39, 0.29) is 6.61 Å². The Morgan fingerprint density at radius 3 is 2.54 bits per heavy atom. The molecule has 0 aliphatic heterocycles. The van der Waals surface area contributed by atoms with Crippen molar-refractivity contribution in [2.75, 3.05) is 6.61 Å². The molecule has 0 rings (SSSR count). The molecule has 0 bridgehead atoms. The summed E-state index contributed by atoms with van der Waals surface area (Å²) in [4.78, 5) is 10.5. The van der Waals surface area contributed by atoms with Crippen molar-refractivity contribution < 1.29 is 22.7 Å². The van der Waals surface area contributed by atoms with Crippen molar-refractivity contribution in [1.29, 1.82) is 0 Å². The fraction of sp³-hybridized carbons (Fsp3) is 0.625. The number of carbonyl (C=O) groups excluding carboxylic acids is 1. The van der Waals surface area contributed by atoms with Crippen LogP contribution in [0.1, 0.15) is 19.8 Å². The van der Waals surface area contributed by atoms with E-state index in [9.17, 15) is 18.0 Å². The largest absolute Gasteiger partial charge is 0.458 e. The lowest BCUT2D eigenvalue weighted by Crippen LogP contribution is -2.06. The molecule has 0 aromatic heterocycles. The molecule has 0 spiro atoms. The SMILES string of the molecule is CCCCOC(=O)C#CC(F)(F)F. The predicted octanol–water partition coefficient (Wildman–Crippen LogP) is 1.90. The van der Waals surface area contributed by atoms with Crippen LogP contribution in [0.4, 0.5) is 13.2 Å². The molecule has 0 aliphatic rings. The van der Waals surface area contributed by atoms with Gasteiger partial charge in [0, 0.05) is 11.8 Å². The van der Waals surface area contributed by atoms with Crippen LogP contribution >= 0.6 is 0 Å². The van der Waals surface area contributed by atoms with Crippen LogP contribution in [0.5, 0.6) is 0 Å². The second kappa shape index (κ2) is 5.46. The molecule has 5 heteroatoms. The van der Waals surface area contributed by atoms with Crippen LogP contribution in [-0.4, -0.2) is 18.8 Å². The molecule has 74 valence electrons. The molecule has 0 heterocycles. The van der Waals surface area contributed by atoms with E-state index in [0.717, 1.165) is 12.3 Å². The van der Waals surface area contributed by atoms with Gasteiger partial charge in [0.2, 0.25) is 0 Å². The van der Waals surface area contributed by atoms with E-state index in [1.807, 2.05) is 6.92 Å². The first-order valence-corrected chi connectivity index (χ1v) is 3.72. The molecule has 13 heavy (non-hydrogen) atoms. The van der Waals surface area contributed by atoms with Crippen molar-refractivity contribution in [3.63, 3.8) is 0 Å². The summed E-state index contributed by atoms with van der Waals surface area (Å²) in [6, 6.07) is 0. The van der Waals surface area contributed by atoms with Crippen LogP contribution in [-0.2, 0) is 9.53 Å². The Kier molecular flexibility index (Phi) is 4.97. The number of ether oxygens (including phenoxy) is 1. The average Bonchev–Trinajstić information content (AvgIpc) is 2.00. The molecule has 0 aromatic rings. The van der Waals surface area contributed by atoms with Gasteiger partial charge in [-0.2, -0.15) is 13.2 Å². The fourth-order valence-electron chi connectivity index (χ4n) is 0.467. The van der Waals surface area contributed by atoms with Crippen LogP contribution in [0.25, 0.3) is 0 Å². The number of unbranched alkanes of at least 4 members (excludes halogenated alkanes) is 1. The number of rotatable bonds is 3. The Morgan fingerprint density at radius 2 is 2.08 bits per heavy atom. The lowest BCUT2D eigenvalue weighted by Gasteiger charge is -1.97. The van der Waals surface area contributed by atoms with Crippen molar-refractivity contribution in [3.8, 4) is 11.8 Å². The zero-order chi connectivity index (χ0) is 10.3. The minimum absolute atomic E-state index is 0.113. The second-order valence-electron chi connectivity index (χ2n) is 2.24. The molecule has 2 nitrogen and oxygen atoms in total. The molecule has 0 aliphatic carbocycles. The standard InChI is InChI=1S/C8H9F3O2/c1-2-3-6-13-7(12)4-5-8(9,10)11/h2-3,6H2,1H3. The maximum absolute atomic E-state index is 11.4. The van der Waals surface area contributed by atoms with E-state index in [4.69, 9.17) is 0 Å². The molecule has 0 aromatic carbocycles. The first kappa shape index (κ1) is 11.8. The fourth-order valence-corrected chi connectivity index (χ4v) is 0.467. The molecule has 0 fully saturated rings. The van der Waals surface area contributed by atoms with Gasteiger partial charge in [0.1, 0.15) is 0 Å². The maximum Gasteiger partial charge on any atom is 0.458 e. The van der Waals surface area contributed by atoms with E-state index in [1.165, 1.54) is 5.92 Å². The first-order chi connectivity index (χ1) is 5.95. The summed E-state index contributed by atoms with van der Waals surface area (Å²) >= 11 is 0. The van der Waals surface area contributed by atoms with Gasteiger partial charge in [0.25, 0.3) is 0 Å². The summed E-state index contributed by atoms with van der Waals surface area (Å²) in [7, 11) is 0. The van der Waals surface area contributed by atoms with Crippen LogP contribution < -0.4 is 0 Å². The third-order valence-electron chi connectivity index (χ3n) is 1.04. The lowest BCUT2D eigenvalue weighted by molar-refractivity contribution is -0.137. The Bertz CT molecular complexity index is 222. The molecular weight excluding hydrogens is 185 g/mol. The van der Waals surface area contributed by atoms with E-state index in [2.05, 4.69) is 4.74 Å². The van der Waals surface area contributed by atoms with Gasteiger partial charge < -0.3 is 4.74 Å². The number of hydrogen-bond donors (Lipinski definition) is 0. The zero-order valence-electron chi connectivity index (χ0n) is 7.07. The number of alkyl halides is 3. The van der Waals surface area contributed by atoms with Gasteiger partial charge >= 0.3 is 12.1 Å². The highest BCUT2D eigenvalue weighted by Crippen LogP contribution is 2.11. The second-order valence-corrected chi connectivity index (χ2v) is 2.24. The molecular formula is C8H9F3O2. The van der Waals surface area contributed by atoms with Crippen molar-refractivity contribution >= 4 is 5.97 Å². The zero-order valence-corrected chi connectivity index (χ0v) is 7.07. The highest BCUT2D eigenvalue weighted by Gasteiger charge is 2.23. The minimum atomic E-state index is -4.64. The van der Waals surface area contributed by atoms with Gasteiger partial charge in [-0.3, -0.25) is 0 Å². The Hall–Kier alpha value is -1.18. The van der Waals surface area contributed by atoms with Crippen molar-refractivity contribution in [3.05, 3.63) is 0 Å². The van der Waals surface area contributed by atoms with Crippen molar-refractivity contribution in [2.45, 2.75) is 25.9 Å². The number of hydrogen-bond acceptors (Lipinski definition) is 2. The molecule has 0 unspecified atom stereocenters. The average molecular weight is 194 g/mol. The molecule has 0 saturated heterocycles. The predicted molar refractivity (Wildman–Crippen MR) is 39.7 cm³/mol. The summed E-state index contributed by atoms with van der Waals surface area (Å²) in [6.07, 6.45) is -3.21. The quantitative estimate of drug-likeness (QED) is 0.297. The monoisotopic (exact) mass is 194 g/mol. The Balaban J connectivity index is 3.78.